The molecule has 3 rings (SSSR count). The van der Waals surface area contributed by atoms with E-state index in [1.54, 1.807) is 22.7 Å². The molecule has 0 unspecified atom stereocenters. The molecule has 0 aliphatic heterocycles. The zero-order valence-electron chi connectivity index (χ0n) is 14.0. The highest BCUT2D eigenvalue weighted by atomic mass is 32.2. The molecule has 25 heavy (non-hydrogen) atoms. The Morgan fingerprint density at radius 3 is 2.80 bits per heavy atom. The minimum absolute atomic E-state index is 0.0407. The number of hydrogen-bond acceptors (Lipinski definition) is 5. The number of nitrogens with zero attached hydrogens (tertiary/aromatic N) is 1. The molecular weight excluding hydrogens is 368 g/mol. The van der Waals surface area contributed by atoms with Crippen LogP contribution in [-0.2, 0) is 17.0 Å². The molecule has 1 N–H and O–H groups in total. The second kappa shape index (κ2) is 9.17. The van der Waals surface area contributed by atoms with Gasteiger partial charge < -0.3 is 5.32 Å². The van der Waals surface area contributed by atoms with Crippen molar-refractivity contribution in [2.24, 2.45) is 0 Å². The Balaban J connectivity index is 1.35. The molecule has 0 saturated heterocycles. The van der Waals surface area contributed by atoms with Crippen LogP contribution in [0.25, 0.3) is 9.88 Å². The van der Waals surface area contributed by atoms with Gasteiger partial charge in [0, 0.05) is 23.4 Å². The van der Waals surface area contributed by atoms with Gasteiger partial charge in [0.05, 0.1) is 17.0 Å². The number of thiazole rings is 1. The molecule has 2 heterocycles. The maximum Gasteiger partial charge on any atom is 0.226 e. The number of rotatable bonds is 8. The Bertz CT molecular complexity index is 794. The Morgan fingerprint density at radius 2 is 2.04 bits per heavy atom. The van der Waals surface area contributed by atoms with E-state index >= 15 is 0 Å². The lowest BCUT2D eigenvalue weighted by Gasteiger charge is -2.05. The maximum absolute atomic E-state index is 12.0. The van der Waals surface area contributed by atoms with Gasteiger partial charge in [-0.2, -0.15) is 11.8 Å². The van der Waals surface area contributed by atoms with Crippen LogP contribution in [-0.4, -0.2) is 23.2 Å². The summed E-state index contributed by atoms with van der Waals surface area (Å²) in [5, 5.41) is 7.98. The minimum atomic E-state index is 0.0407. The van der Waals surface area contributed by atoms with Crippen LogP contribution < -0.4 is 5.32 Å². The number of nitrogens with one attached hydrogen (secondary N) is 1. The van der Waals surface area contributed by atoms with Gasteiger partial charge in [0.25, 0.3) is 0 Å². The summed E-state index contributed by atoms with van der Waals surface area (Å²) in [6.07, 6.45) is 0.352. The van der Waals surface area contributed by atoms with Crippen molar-refractivity contribution in [3.8, 4) is 9.88 Å². The summed E-state index contributed by atoms with van der Waals surface area (Å²) >= 11 is 5.10. The molecule has 3 aromatic rings. The average Bonchev–Trinajstić information content (AvgIpc) is 3.27. The first-order valence-corrected chi connectivity index (χ1v) is 11.0. The molecule has 3 nitrogen and oxygen atoms in total. The van der Waals surface area contributed by atoms with Crippen molar-refractivity contribution in [1.82, 2.24) is 10.3 Å². The highest BCUT2D eigenvalue weighted by molar-refractivity contribution is 7.98. The molecule has 0 atom stereocenters. The highest BCUT2D eigenvalue weighted by Gasteiger charge is 2.09. The van der Waals surface area contributed by atoms with E-state index in [0.717, 1.165) is 27.1 Å². The van der Waals surface area contributed by atoms with Gasteiger partial charge in [0.15, 0.2) is 0 Å². The molecule has 0 spiro atoms. The molecule has 0 radical (unpaired) electrons. The minimum Gasteiger partial charge on any atom is -0.355 e. The van der Waals surface area contributed by atoms with Crippen LogP contribution in [0.15, 0.2) is 47.2 Å². The number of thiophene rings is 1. The molecule has 1 aromatic carbocycles. The summed E-state index contributed by atoms with van der Waals surface area (Å²) in [6.45, 7) is 2.79. The van der Waals surface area contributed by atoms with E-state index in [1.807, 2.05) is 28.6 Å². The average molecular weight is 389 g/mol. The standard InChI is InChI=1S/C19H20N2OS3/c1-14-4-6-15(7-5-14)12-23-10-8-20-18(22)11-16-13-25-19(21-16)17-3-2-9-24-17/h2-7,9,13H,8,10-12H2,1H3,(H,20,22). The fourth-order valence-corrected chi connectivity index (χ4v) is 4.72. The van der Waals surface area contributed by atoms with Gasteiger partial charge in [0.1, 0.15) is 5.01 Å². The van der Waals surface area contributed by atoms with Crippen molar-refractivity contribution in [2.75, 3.05) is 12.3 Å². The molecule has 0 aliphatic carbocycles. The number of thioether (sulfide) groups is 1. The van der Waals surface area contributed by atoms with Crippen LogP contribution >= 0.6 is 34.4 Å². The summed E-state index contributed by atoms with van der Waals surface area (Å²) < 4.78 is 0. The predicted octanol–water partition coefficient (Wildman–Crippen LogP) is 4.77. The van der Waals surface area contributed by atoms with E-state index in [4.69, 9.17) is 0 Å². The van der Waals surface area contributed by atoms with Gasteiger partial charge >= 0.3 is 0 Å². The summed E-state index contributed by atoms with van der Waals surface area (Å²) in [6, 6.07) is 12.7. The van der Waals surface area contributed by atoms with Crippen LogP contribution in [0, 0.1) is 6.92 Å². The first kappa shape index (κ1) is 18.2. The van der Waals surface area contributed by atoms with E-state index in [0.29, 0.717) is 13.0 Å². The van der Waals surface area contributed by atoms with Crippen molar-refractivity contribution in [3.05, 3.63) is 64.0 Å². The maximum atomic E-state index is 12.0. The zero-order valence-corrected chi connectivity index (χ0v) is 16.5. The SMILES string of the molecule is Cc1ccc(CSCCNC(=O)Cc2csc(-c3cccs3)n2)cc1. The quantitative estimate of drug-likeness (QED) is 0.565. The third-order valence-corrected chi connectivity index (χ3v) is 6.54. The topological polar surface area (TPSA) is 42.0 Å². The van der Waals surface area contributed by atoms with Gasteiger partial charge in [-0.15, -0.1) is 22.7 Å². The Kier molecular flexibility index (Phi) is 6.67. The Labute approximate surface area is 160 Å². The van der Waals surface area contributed by atoms with Crippen LogP contribution in [0.1, 0.15) is 16.8 Å². The van der Waals surface area contributed by atoms with Crippen molar-refractivity contribution < 1.29 is 4.79 Å². The lowest BCUT2D eigenvalue weighted by atomic mass is 10.2. The van der Waals surface area contributed by atoms with Crippen molar-refractivity contribution in [1.29, 1.82) is 0 Å². The Morgan fingerprint density at radius 1 is 1.20 bits per heavy atom. The lowest BCUT2D eigenvalue weighted by molar-refractivity contribution is -0.120. The highest BCUT2D eigenvalue weighted by Crippen LogP contribution is 2.27. The van der Waals surface area contributed by atoms with Crippen LogP contribution in [0.5, 0.6) is 0 Å². The summed E-state index contributed by atoms with van der Waals surface area (Å²) in [5.74, 6) is 1.93. The number of benzene rings is 1. The summed E-state index contributed by atoms with van der Waals surface area (Å²) in [5.41, 5.74) is 3.45. The second-order valence-electron chi connectivity index (χ2n) is 5.69. The van der Waals surface area contributed by atoms with E-state index < -0.39 is 0 Å². The fourth-order valence-electron chi connectivity index (χ4n) is 2.27. The number of aryl methyl sites for hydroxylation is 1. The molecule has 0 bridgehead atoms. The first-order chi connectivity index (χ1) is 12.2. The van der Waals surface area contributed by atoms with Crippen LogP contribution in [0.3, 0.4) is 0 Å². The van der Waals surface area contributed by atoms with Gasteiger partial charge in [-0.3, -0.25) is 4.79 Å². The molecule has 6 heteroatoms. The molecular formula is C19H20N2OS3. The largest absolute Gasteiger partial charge is 0.355 e. The third-order valence-electron chi connectivity index (χ3n) is 3.58. The number of aromatic nitrogens is 1. The van der Waals surface area contributed by atoms with Gasteiger partial charge in [-0.1, -0.05) is 35.9 Å². The first-order valence-electron chi connectivity index (χ1n) is 8.09. The molecule has 130 valence electrons. The second-order valence-corrected chi connectivity index (χ2v) is 8.60. The fraction of sp³-hybridized carbons (Fsp3) is 0.263. The van der Waals surface area contributed by atoms with Crippen molar-refractivity contribution in [3.63, 3.8) is 0 Å². The van der Waals surface area contributed by atoms with Crippen molar-refractivity contribution >= 4 is 40.3 Å². The summed E-state index contributed by atoms with van der Waals surface area (Å²) in [4.78, 5) is 17.7. The number of amides is 1. The monoisotopic (exact) mass is 388 g/mol. The Hall–Kier alpha value is -1.63. The third kappa shape index (κ3) is 5.70. The van der Waals surface area contributed by atoms with Gasteiger partial charge in [0.2, 0.25) is 5.91 Å². The molecule has 0 saturated carbocycles. The molecule has 2 aromatic heterocycles. The summed E-state index contributed by atoms with van der Waals surface area (Å²) in [7, 11) is 0. The van der Waals surface area contributed by atoms with Crippen molar-refractivity contribution in [2.45, 2.75) is 19.1 Å². The van der Waals surface area contributed by atoms with E-state index in [9.17, 15) is 4.79 Å². The van der Waals surface area contributed by atoms with Crippen LogP contribution in [0.4, 0.5) is 0 Å². The lowest BCUT2D eigenvalue weighted by Crippen LogP contribution is -2.27. The molecule has 0 aliphatic rings. The number of hydrogen-bond donors (Lipinski definition) is 1. The van der Waals surface area contributed by atoms with Gasteiger partial charge in [-0.25, -0.2) is 4.98 Å². The number of carbonyl (C=O) groups excluding carboxylic acids is 1. The van der Waals surface area contributed by atoms with Crippen LogP contribution in [0.2, 0.25) is 0 Å². The van der Waals surface area contributed by atoms with E-state index in [-0.39, 0.29) is 5.91 Å². The van der Waals surface area contributed by atoms with E-state index in [2.05, 4.69) is 47.6 Å². The smallest absolute Gasteiger partial charge is 0.226 e. The molecule has 1 amide bonds. The predicted molar refractivity (Wildman–Crippen MR) is 109 cm³/mol. The van der Waals surface area contributed by atoms with Gasteiger partial charge in [-0.05, 0) is 23.9 Å². The van der Waals surface area contributed by atoms with E-state index in [1.165, 1.54) is 11.1 Å². The number of carbonyl (C=O) groups is 1. The zero-order chi connectivity index (χ0) is 17.5. The molecule has 0 fully saturated rings. The normalized spacial score (nSPS) is 10.8.